The lowest BCUT2D eigenvalue weighted by atomic mass is 10.0. The van der Waals surface area contributed by atoms with Gasteiger partial charge in [0.05, 0.1) is 12.6 Å². The normalized spacial score (nSPS) is 13.4. The van der Waals surface area contributed by atoms with Gasteiger partial charge in [-0.05, 0) is 38.3 Å². The van der Waals surface area contributed by atoms with Gasteiger partial charge in [0, 0.05) is 45.7 Å². The molecule has 0 aliphatic heterocycles. The fourth-order valence-electron chi connectivity index (χ4n) is 2.57. The molecule has 0 bridgehead atoms. The summed E-state index contributed by atoms with van der Waals surface area (Å²) < 4.78 is 7.94. The molecule has 0 saturated heterocycles. The van der Waals surface area contributed by atoms with E-state index in [0.29, 0.717) is 5.92 Å². The van der Waals surface area contributed by atoms with Crippen LogP contribution in [0.5, 0.6) is 0 Å². The highest BCUT2D eigenvalue weighted by molar-refractivity contribution is 5.79. The Hall–Kier alpha value is -1.49. The summed E-state index contributed by atoms with van der Waals surface area (Å²) in [7, 11) is 4.15. The average molecular weight is 322 g/mol. The van der Waals surface area contributed by atoms with Crippen LogP contribution in [0.3, 0.4) is 0 Å². The minimum atomic E-state index is 0.282. The van der Waals surface area contributed by atoms with Crippen molar-refractivity contribution >= 4 is 5.96 Å². The molecule has 1 N–H and O–H groups in total. The van der Waals surface area contributed by atoms with Gasteiger partial charge in [0.25, 0.3) is 0 Å². The third-order valence-corrected chi connectivity index (χ3v) is 3.95. The molecule has 0 saturated carbocycles. The van der Waals surface area contributed by atoms with E-state index in [0.717, 1.165) is 38.6 Å². The Kier molecular flexibility index (Phi) is 8.77. The van der Waals surface area contributed by atoms with Crippen molar-refractivity contribution in [2.24, 2.45) is 18.0 Å². The monoisotopic (exact) mass is 322 g/mol. The van der Waals surface area contributed by atoms with E-state index in [4.69, 9.17) is 9.73 Å². The summed E-state index contributed by atoms with van der Waals surface area (Å²) in [5.74, 6) is 1.47. The molecule has 0 aliphatic carbocycles. The Balaban J connectivity index is 2.63. The summed E-state index contributed by atoms with van der Waals surface area (Å²) in [6, 6.07) is 4.21. The van der Waals surface area contributed by atoms with Crippen LogP contribution in [0.15, 0.2) is 23.3 Å². The standard InChI is InChI=1S/C18H34N4O/c1-7-19-18(20-12-11-17(15(3)4)23-8-2)22(6)14-16-10-9-13-21(16)5/h9-10,13,15,17H,7-8,11-12,14H2,1-6H3,(H,19,20). The molecule has 1 aromatic rings. The van der Waals surface area contributed by atoms with Crippen molar-refractivity contribution in [3.05, 3.63) is 24.0 Å². The van der Waals surface area contributed by atoms with E-state index in [1.165, 1.54) is 5.69 Å². The number of hydrogen-bond acceptors (Lipinski definition) is 2. The number of rotatable bonds is 9. The van der Waals surface area contributed by atoms with Gasteiger partial charge >= 0.3 is 0 Å². The zero-order valence-electron chi connectivity index (χ0n) is 15.7. The van der Waals surface area contributed by atoms with Crippen molar-refractivity contribution in [1.29, 1.82) is 0 Å². The van der Waals surface area contributed by atoms with E-state index >= 15 is 0 Å². The summed E-state index contributed by atoms with van der Waals surface area (Å²) in [5.41, 5.74) is 1.27. The second-order valence-corrected chi connectivity index (χ2v) is 6.23. The average Bonchev–Trinajstić information content (AvgIpc) is 2.90. The first-order chi connectivity index (χ1) is 11.0. The minimum Gasteiger partial charge on any atom is -0.378 e. The van der Waals surface area contributed by atoms with Crippen LogP contribution >= 0.6 is 0 Å². The summed E-state index contributed by atoms with van der Waals surface area (Å²) in [4.78, 5) is 6.94. The molecular formula is C18H34N4O. The SMILES string of the molecule is CCNC(=NCCC(OCC)C(C)C)N(C)Cc1cccn1C. The van der Waals surface area contributed by atoms with Crippen molar-refractivity contribution in [2.75, 3.05) is 26.7 Å². The van der Waals surface area contributed by atoms with Gasteiger partial charge in [0.15, 0.2) is 5.96 Å². The molecule has 1 rings (SSSR count). The van der Waals surface area contributed by atoms with E-state index in [1.807, 2.05) is 0 Å². The molecule has 1 atom stereocenters. The molecule has 1 heterocycles. The Morgan fingerprint density at radius 3 is 2.65 bits per heavy atom. The lowest BCUT2D eigenvalue weighted by Gasteiger charge is -2.23. The quantitative estimate of drug-likeness (QED) is 0.561. The van der Waals surface area contributed by atoms with Gasteiger partial charge in [0.1, 0.15) is 0 Å². The summed E-state index contributed by atoms with van der Waals surface area (Å²) in [5, 5.41) is 3.38. The van der Waals surface area contributed by atoms with Crippen LogP contribution in [0.25, 0.3) is 0 Å². The van der Waals surface area contributed by atoms with Gasteiger partial charge in [-0.25, -0.2) is 0 Å². The molecule has 23 heavy (non-hydrogen) atoms. The van der Waals surface area contributed by atoms with Gasteiger partial charge < -0.3 is 19.5 Å². The fourth-order valence-corrected chi connectivity index (χ4v) is 2.57. The summed E-state index contributed by atoms with van der Waals surface area (Å²) >= 11 is 0. The molecule has 5 nitrogen and oxygen atoms in total. The third kappa shape index (κ3) is 6.65. The molecular weight excluding hydrogens is 288 g/mol. The van der Waals surface area contributed by atoms with Gasteiger partial charge in [0.2, 0.25) is 0 Å². The molecule has 1 aromatic heterocycles. The van der Waals surface area contributed by atoms with Crippen LogP contribution < -0.4 is 5.32 Å². The molecule has 0 radical (unpaired) electrons. The predicted molar refractivity (Wildman–Crippen MR) is 97.7 cm³/mol. The second kappa shape index (κ2) is 10.3. The van der Waals surface area contributed by atoms with Crippen molar-refractivity contribution in [1.82, 2.24) is 14.8 Å². The Labute approximate surface area is 141 Å². The molecule has 0 amide bonds. The highest BCUT2D eigenvalue weighted by Crippen LogP contribution is 2.11. The van der Waals surface area contributed by atoms with Crippen LogP contribution in [0.1, 0.15) is 39.8 Å². The van der Waals surface area contributed by atoms with E-state index in [2.05, 4.69) is 74.9 Å². The zero-order chi connectivity index (χ0) is 17.2. The van der Waals surface area contributed by atoms with Crippen molar-refractivity contribution < 1.29 is 4.74 Å². The Bertz CT molecular complexity index is 467. The maximum Gasteiger partial charge on any atom is 0.194 e. The van der Waals surface area contributed by atoms with Gasteiger partial charge in [-0.1, -0.05) is 13.8 Å². The van der Waals surface area contributed by atoms with Gasteiger partial charge in [-0.3, -0.25) is 4.99 Å². The van der Waals surface area contributed by atoms with Crippen molar-refractivity contribution in [2.45, 2.75) is 46.8 Å². The largest absolute Gasteiger partial charge is 0.378 e. The zero-order valence-corrected chi connectivity index (χ0v) is 15.7. The summed E-state index contributed by atoms with van der Waals surface area (Å²) in [6.45, 7) is 11.8. The Morgan fingerprint density at radius 1 is 1.39 bits per heavy atom. The first-order valence-electron chi connectivity index (χ1n) is 8.70. The van der Waals surface area contributed by atoms with Crippen molar-refractivity contribution in [3.63, 3.8) is 0 Å². The van der Waals surface area contributed by atoms with Crippen LogP contribution in [0.2, 0.25) is 0 Å². The number of aliphatic imine (C=N–C) groups is 1. The number of hydrogen-bond donors (Lipinski definition) is 1. The lowest BCUT2D eigenvalue weighted by Crippen LogP contribution is -2.39. The summed E-state index contributed by atoms with van der Waals surface area (Å²) in [6.07, 6.45) is 3.31. The van der Waals surface area contributed by atoms with Crippen LogP contribution in [-0.4, -0.2) is 48.3 Å². The van der Waals surface area contributed by atoms with E-state index in [-0.39, 0.29) is 6.10 Å². The number of ether oxygens (including phenoxy) is 1. The van der Waals surface area contributed by atoms with E-state index in [1.54, 1.807) is 0 Å². The maximum absolute atomic E-state index is 5.80. The minimum absolute atomic E-state index is 0.282. The number of aromatic nitrogens is 1. The first-order valence-corrected chi connectivity index (χ1v) is 8.70. The molecule has 132 valence electrons. The number of nitrogens with one attached hydrogen (secondary N) is 1. The smallest absolute Gasteiger partial charge is 0.194 e. The van der Waals surface area contributed by atoms with Crippen molar-refractivity contribution in [3.8, 4) is 0 Å². The lowest BCUT2D eigenvalue weighted by molar-refractivity contribution is 0.0266. The molecule has 0 aromatic carbocycles. The topological polar surface area (TPSA) is 41.8 Å². The number of guanidine groups is 1. The van der Waals surface area contributed by atoms with Crippen LogP contribution in [0.4, 0.5) is 0 Å². The molecule has 0 spiro atoms. The molecule has 0 fully saturated rings. The molecule has 1 unspecified atom stereocenters. The predicted octanol–water partition coefficient (Wildman–Crippen LogP) is 2.87. The molecule has 0 aliphatic rings. The second-order valence-electron chi connectivity index (χ2n) is 6.23. The van der Waals surface area contributed by atoms with E-state index < -0.39 is 0 Å². The fraction of sp³-hybridized carbons (Fsp3) is 0.722. The number of nitrogens with zero attached hydrogens (tertiary/aromatic N) is 3. The highest BCUT2D eigenvalue weighted by atomic mass is 16.5. The Morgan fingerprint density at radius 2 is 2.13 bits per heavy atom. The molecule has 5 heteroatoms. The third-order valence-electron chi connectivity index (χ3n) is 3.95. The highest BCUT2D eigenvalue weighted by Gasteiger charge is 2.13. The van der Waals surface area contributed by atoms with Gasteiger partial charge in [-0.15, -0.1) is 0 Å². The first kappa shape index (κ1) is 19.6. The van der Waals surface area contributed by atoms with Crippen LogP contribution in [0, 0.1) is 5.92 Å². The maximum atomic E-state index is 5.80. The van der Waals surface area contributed by atoms with Crippen LogP contribution in [-0.2, 0) is 18.3 Å². The van der Waals surface area contributed by atoms with E-state index in [9.17, 15) is 0 Å². The van der Waals surface area contributed by atoms with Gasteiger partial charge in [-0.2, -0.15) is 0 Å². The number of aryl methyl sites for hydroxylation is 1.